The van der Waals surface area contributed by atoms with E-state index >= 15 is 0 Å². The van der Waals surface area contributed by atoms with E-state index in [0.717, 1.165) is 29.3 Å². The molecule has 7 nitrogen and oxygen atoms in total. The first-order valence-electron chi connectivity index (χ1n) is 12.9. The largest absolute Gasteiger partial charge is 0.375 e. The van der Waals surface area contributed by atoms with Crippen molar-refractivity contribution in [3.63, 3.8) is 0 Å². The summed E-state index contributed by atoms with van der Waals surface area (Å²) in [5, 5.41) is 4.28. The number of aromatic nitrogens is 2. The molecule has 1 aliphatic heterocycles. The maximum Gasteiger partial charge on any atom is 0.270 e. The minimum absolute atomic E-state index is 0.0201. The number of pyridine rings is 1. The van der Waals surface area contributed by atoms with Crippen LogP contribution in [0.5, 0.6) is 0 Å². The van der Waals surface area contributed by atoms with Crippen LogP contribution in [-0.4, -0.2) is 52.5 Å². The number of fused-ring (bicyclic) bond motifs is 3. The summed E-state index contributed by atoms with van der Waals surface area (Å²) >= 11 is 0. The second kappa shape index (κ2) is 9.48. The third-order valence-electron chi connectivity index (χ3n) is 7.94. The highest BCUT2D eigenvalue weighted by molar-refractivity contribution is 5.98. The Labute approximate surface area is 215 Å². The molecule has 0 unspecified atom stereocenters. The summed E-state index contributed by atoms with van der Waals surface area (Å²) in [6, 6.07) is 21.4. The Bertz CT molecular complexity index is 1410. The van der Waals surface area contributed by atoms with Crippen molar-refractivity contribution in [2.45, 2.75) is 37.3 Å². The molecule has 3 heterocycles. The lowest BCUT2D eigenvalue weighted by Gasteiger charge is -2.44. The number of ether oxygens (including phenoxy) is 1. The highest BCUT2D eigenvalue weighted by Crippen LogP contribution is 2.52. The van der Waals surface area contributed by atoms with Crippen LogP contribution in [0.1, 0.15) is 57.8 Å². The van der Waals surface area contributed by atoms with Crippen LogP contribution in [-0.2, 0) is 10.2 Å². The number of carbonyl (C=O) groups excluding carboxylic acids is 2. The van der Waals surface area contributed by atoms with Crippen LogP contribution in [0.25, 0.3) is 10.9 Å². The van der Waals surface area contributed by atoms with Gasteiger partial charge in [0.2, 0.25) is 0 Å². The monoisotopic (exact) mass is 494 g/mol. The minimum atomic E-state index is -0.281. The van der Waals surface area contributed by atoms with Crippen molar-refractivity contribution in [3.05, 3.63) is 102 Å². The zero-order valence-electron chi connectivity index (χ0n) is 20.8. The quantitative estimate of drug-likeness (QED) is 0.424. The van der Waals surface area contributed by atoms with Crippen LogP contribution in [0.3, 0.4) is 0 Å². The number of piperidine rings is 1. The second-order valence-corrected chi connectivity index (χ2v) is 9.87. The molecule has 1 aliphatic carbocycles. The van der Waals surface area contributed by atoms with E-state index in [4.69, 9.17) is 4.74 Å². The van der Waals surface area contributed by atoms with Gasteiger partial charge in [-0.05, 0) is 55.2 Å². The zero-order valence-corrected chi connectivity index (χ0v) is 20.8. The molecule has 7 heteroatoms. The van der Waals surface area contributed by atoms with E-state index in [1.165, 1.54) is 5.56 Å². The summed E-state index contributed by atoms with van der Waals surface area (Å²) in [5.74, 6) is -0.146. The molecule has 0 radical (unpaired) electrons. The number of hydrogen-bond donors (Lipinski definition) is 2. The number of likely N-dealkylation sites (tertiary alicyclic amines) is 1. The number of carbonyl (C=O) groups is 2. The average Bonchev–Trinajstić information content (AvgIpc) is 3.48. The number of nitrogens with one attached hydrogen (secondary N) is 2. The van der Waals surface area contributed by atoms with Crippen molar-refractivity contribution in [2.75, 3.05) is 19.7 Å². The Hall–Kier alpha value is -3.97. The van der Waals surface area contributed by atoms with Crippen molar-refractivity contribution < 1.29 is 14.3 Å². The van der Waals surface area contributed by atoms with Crippen molar-refractivity contribution in [1.82, 2.24) is 20.2 Å². The topological polar surface area (TPSA) is 87.3 Å². The highest BCUT2D eigenvalue weighted by Gasteiger charge is 2.54. The maximum atomic E-state index is 13.4. The van der Waals surface area contributed by atoms with Crippen LogP contribution >= 0.6 is 0 Å². The number of hydrogen-bond acceptors (Lipinski definition) is 4. The minimum Gasteiger partial charge on any atom is -0.375 e. The molecule has 6 rings (SSSR count). The molecule has 1 spiro atoms. The zero-order chi connectivity index (χ0) is 25.4. The van der Waals surface area contributed by atoms with Crippen LogP contribution in [0, 0.1) is 0 Å². The first-order valence-corrected chi connectivity index (χ1v) is 12.9. The van der Waals surface area contributed by atoms with Gasteiger partial charge in [-0.2, -0.15) is 0 Å². The molecule has 2 aliphatic rings. The molecule has 1 fully saturated rings. The Kier molecular flexibility index (Phi) is 6.00. The Morgan fingerprint density at radius 3 is 2.62 bits per heavy atom. The van der Waals surface area contributed by atoms with Crippen LogP contribution in [0.2, 0.25) is 0 Å². The number of benzene rings is 2. The maximum absolute atomic E-state index is 13.4. The Morgan fingerprint density at radius 2 is 1.86 bits per heavy atom. The van der Waals surface area contributed by atoms with Gasteiger partial charge in [0, 0.05) is 48.4 Å². The van der Waals surface area contributed by atoms with E-state index in [1.807, 2.05) is 48.2 Å². The third-order valence-corrected chi connectivity index (χ3v) is 7.94. The van der Waals surface area contributed by atoms with Gasteiger partial charge in [0.05, 0.1) is 17.7 Å². The van der Waals surface area contributed by atoms with Crippen molar-refractivity contribution in [3.8, 4) is 0 Å². The molecule has 2 atom stereocenters. The first kappa shape index (κ1) is 23.4. The predicted molar refractivity (Wildman–Crippen MR) is 141 cm³/mol. The van der Waals surface area contributed by atoms with Crippen molar-refractivity contribution in [1.29, 1.82) is 0 Å². The van der Waals surface area contributed by atoms with Gasteiger partial charge in [-0.25, -0.2) is 0 Å². The van der Waals surface area contributed by atoms with Gasteiger partial charge in [0.25, 0.3) is 11.8 Å². The molecule has 0 bridgehead atoms. The summed E-state index contributed by atoms with van der Waals surface area (Å²) < 4.78 is 6.41. The highest BCUT2D eigenvalue weighted by atomic mass is 16.5. The fourth-order valence-corrected chi connectivity index (χ4v) is 6.19. The summed E-state index contributed by atoms with van der Waals surface area (Å²) in [5.41, 5.74) is 4.13. The van der Waals surface area contributed by atoms with Gasteiger partial charge in [0.15, 0.2) is 0 Å². The van der Waals surface area contributed by atoms with Gasteiger partial charge in [-0.15, -0.1) is 0 Å². The molecule has 188 valence electrons. The van der Waals surface area contributed by atoms with Crippen LogP contribution in [0.15, 0.2) is 79.1 Å². The molecule has 4 aromatic rings. The van der Waals surface area contributed by atoms with E-state index in [-0.39, 0.29) is 29.4 Å². The number of amides is 2. The lowest BCUT2D eigenvalue weighted by atomic mass is 9.71. The summed E-state index contributed by atoms with van der Waals surface area (Å²) in [6.45, 7) is 3.77. The fraction of sp³-hybridized carbons (Fsp3) is 0.300. The molecular formula is C30H30N4O3. The summed E-state index contributed by atoms with van der Waals surface area (Å²) in [4.78, 5) is 35.8. The standard InChI is InChI=1S/C30H30N4O3/c1-2-37-27-26(33-28(35)21-9-7-15-31-19-21)22-10-4-5-11-23(22)30(27)13-16-34(17-14-30)29(36)25-18-20-8-3-6-12-24(20)32-25/h3-12,15,18-19,26-27,32H,2,13-14,16-17H2,1H3,(H,33,35)/t26-,27+/m0/s1. The molecule has 37 heavy (non-hydrogen) atoms. The average molecular weight is 495 g/mol. The number of H-pyrrole nitrogens is 1. The van der Waals surface area contributed by atoms with Gasteiger partial charge < -0.3 is 19.9 Å². The van der Waals surface area contributed by atoms with E-state index in [2.05, 4.69) is 33.5 Å². The lowest BCUT2D eigenvalue weighted by Crippen LogP contribution is -2.52. The first-order chi connectivity index (χ1) is 18.1. The molecule has 2 aromatic heterocycles. The number of nitrogens with zero attached hydrogens (tertiary/aromatic N) is 2. The number of rotatable bonds is 5. The third kappa shape index (κ3) is 4.00. The summed E-state index contributed by atoms with van der Waals surface area (Å²) in [7, 11) is 0. The van der Waals surface area contributed by atoms with Gasteiger partial charge >= 0.3 is 0 Å². The Balaban J connectivity index is 1.27. The fourth-order valence-electron chi connectivity index (χ4n) is 6.19. The summed E-state index contributed by atoms with van der Waals surface area (Å²) in [6.07, 6.45) is 4.54. The molecule has 0 saturated carbocycles. The molecule has 1 saturated heterocycles. The molecule has 2 aromatic carbocycles. The molecule has 2 N–H and O–H groups in total. The normalized spacial score (nSPS) is 20.2. The van der Waals surface area contributed by atoms with E-state index in [1.54, 1.807) is 24.5 Å². The predicted octanol–water partition coefficient (Wildman–Crippen LogP) is 4.63. The van der Waals surface area contributed by atoms with Crippen LogP contribution < -0.4 is 5.32 Å². The van der Waals surface area contributed by atoms with Crippen LogP contribution in [0.4, 0.5) is 0 Å². The van der Waals surface area contributed by atoms with Gasteiger partial charge in [0.1, 0.15) is 5.69 Å². The van der Waals surface area contributed by atoms with Gasteiger partial charge in [-0.3, -0.25) is 14.6 Å². The SMILES string of the molecule is CCO[C@@H]1[C@@H](NC(=O)c2cccnc2)c2ccccc2C12CCN(C(=O)c1cc3ccccc3[nH]1)CC2. The Morgan fingerprint density at radius 1 is 1.08 bits per heavy atom. The van der Waals surface area contributed by atoms with Crippen molar-refractivity contribution in [2.24, 2.45) is 0 Å². The van der Waals surface area contributed by atoms with E-state index in [9.17, 15) is 9.59 Å². The van der Waals surface area contributed by atoms with Crippen molar-refractivity contribution >= 4 is 22.7 Å². The molecular weight excluding hydrogens is 464 g/mol. The van der Waals surface area contributed by atoms with E-state index in [0.29, 0.717) is 31.0 Å². The molecule has 2 amide bonds. The van der Waals surface area contributed by atoms with Gasteiger partial charge in [-0.1, -0.05) is 42.5 Å². The smallest absolute Gasteiger partial charge is 0.270 e. The van der Waals surface area contributed by atoms with E-state index < -0.39 is 0 Å². The second-order valence-electron chi connectivity index (χ2n) is 9.87. The number of para-hydroxylation sites is 1. The lowest BCUT2D eigenvalue weighted by molar-refractivity contribution is -0.0306. The number of aromatic amines is 1.